The lowest BCUT2D eigenvalue weighted by Crippen LogP contribution is -2.20. The maximum atomic E-state index is 12.2. The van der Waals surface area contributed by atoms with Crippen LogP contribution in [0, 0.1) is 0 Å². The lowest BCUT2D eigenvalue weighted by molar-refractivity contribution is -0.112. The van der Waals surface area contributed by atoms with Gasteiger partial charge in [-0.15, -0.1) is 0 Å². The topological polar surface area (TPSA) is 62.8 Å². The fourth-order valence-electron chi connectivity index (χ4n) is 2.67. The van der Waals surface area contributed by atoms with E-state index in [0.29, 0.717) is 21.9 Å². The molecule has 1 amide bonds. The summed E-state index contributed by atoms with van der Waals surface area (Å²) in [6, 6.07) is 18.5. The average Bonchev–Trinajstić information content (AvgIpc) is 3.01. The van der Waals surface area contributed by atoms with Gasteiger partial charge in [0.05, 0.1) is 11.1 Å². The van der Waals surface area contributed by atoms with Crippen molar-refractivity contribution in [2.75, 3.05) is 0 Å². The fraction of sp³-hybridized carbons (Fsp3) is 0. The predicted octanol–water partition coefficient (Wildman–Crippen LogP) is 2.01. The molecule has 0 saturated carbocycles. The van der Waals surface area contributed by atoms with Gasteiger partial charge in [0, 0.05) is 0 Å². The van der Waals surface area contributed by atoms with Gasteiger partial charge in [-0.3, -0.25) is 4.79 Å². The Kier molecular flexibility index (Phi) is 2.69. The highest BCUT2D eigenvalue weighted by atomic mass is 16.5. The van der Waals surface area contributed by atoms with E-state index in [2.05, 4.69) is 4.99 Å². The first-order chi connectivity index (χ1) is 10.8. The van der Waals surface area contributed by atoms with Gasteiger partial charge in [-0.05, 0) is 11.1 Å². The molecule has 0 atom stereocenters. The van der Waals surface area contributed by atoms with E-state index in [1.54, 1.807) is 0 Å². The third-order valence-electron chi connectivity index (χ3n) is 3.64. The zero-order valence-electron chi connectivity index (χ0n) is 11.5. The van der Waals surface area contributed by atoms with Gasteiger partial charge in [0.1, 0.15) is 5.36 Å². The zero-order valence-corrected chi connectivity index (χ0v) is 11.5. The Labute approximate surface area is 125 Å². The number of carbonyl (C=O) groups excluding carboxylic acids is 1. The van der Waals surface area contributed by atoms with Crippen molar-refractivity contribution in [1.82, 2.24) is 0 Å². The molecule has 0 bridgehead atoms. The molecular weight excluding hydrogens is 278 g/mol. The summed E-state index contributed by atoms with van der Waals surface area (Å²) in [5.74, 6) is -0.571. The maximum Gasteiger partial charge on any atom is 0.292 e. The Morgan fingerprint density at radius 3 is 2.09 bits per heavy atom. The Hall–Kier alpha value is -3.14. The maximum absolute atomic E-state index is 12.2. The molecule has 1 aliphatic heterocycles. The second-order valence-electron chi connectivity index (χ2n) is 4.98. The number of furan rings is 1. The van der Waals surface area contributed by atoms with Crippen LogP contribution in [-0.2, 0) is 4.79 Å². The molecule has 4 nitrogen and oxygen atoms in total. The van der Waals surface area contributed by atoms with Gasteiger partial charge in [0.25, 0.3) is 11.9 Å². The van der Waals surface area contributed by atoms with Crippen molar-refractivity contribution in [3.63, 3.8) is 0 Å². The molecule has 0 aliphatic carbocycles. The molecule has 0 unspecified atom stereocenters. The molecular formula is C18H11NO3. The Bertz CT molecular complexity index is 986. The summed E-state index contributed by atoms with van der Waals surface area (Å²) in [5.41, 5.74) is 2.65. The van der Waals surface area contributed by atoms with E-state index >= 15 is 0 Å². The highest BCUT2D eigenvalue weighted by Crippen LogP contribution is 2.26. The van der Waals surface area contributed by atoms with Gasteiger partial charge in [0.2, 0.25) is 0 Å². The van der Waals surface area contributed by atoms with Crippen LogP contribution in [0.3, 0.4) is 0 Å². The molecule has 1 aliphatic rings. The second-order valence-corrected chi connectivity index (χ2v) is 4.98. The monoisotopic (exact) mass is 289 g/mol. The van der Waals surface area contributed by atoms with Gasteiger partial charge < -0.3 is 9.52 Å². The summed E-state index contributed by atoms with van der Waals surface area (Å²) < 4.78 is 5.45. The predicted molar refractivity (Wildman–Crippen MR) is 80.5 cm³/mol. The molecule has 3 aromatic rings. The van der Waals surface area contributed by atoms with Crippen LogP contribution >= 0.6 is 0 Å². The number of fused-ring (bicyclic) bond motifs is 1. The Morgan fingerprint density at radius 2 is 1.45 bits per heavy atom. The largest absolute Gasteiger partial charge is 0.480 e. The van der Waals surface area contributed by atoms with Crippen LogP contribution in [0.15, 0.2) is 70.1 Å². The molecule has 1 N–H and O–H groups in total. The van der Waals surface area contributed by atoms with E-state index in [4.69, 9.17) is 4.42 Å². The first kappa shape index (κ1) is 12.6. The molecule has 0 spiro atoms. The summed E-state index contributed by atoms with van der Waals surface area (Å²) in [6.45, 7) is 0. The summed E-state index contributed by atoms with van der Waals surface area (Å²) in [7, 11) is 0. The Balaban J connectivity index is 2.06. The van der Waals surface area contributed by atoms with E-state index in [1.807, 2.05) is 60.7 Å². The lowest BCUT2D eigenvalue weighted by atomic mass is 10.1. The van der Waals surface area contributed by atoms with Crippen LogP contribution in [-0.4, -0.2) is 11.0 Å². The lowest BCUT2D eigenvalue weighted by Gasteiger charge is -1.98. The number of nitrogens with zero attached hydrogens (tertiary/aromatic N) is 1. The van der Waals surface area contributed by atoms with Crippen molar-refractivity contribution in [1.29, 1.82) is 0 Å². The van der Waals surface area contributed by atoms with Crippen molar-refractivity contribution >= 4 is 11.5 Å². The number of hydrogen-bond donors (Lipinski definition) is 1. The third-order valence-corrected chi connectivity index (χ3v) is 3.64. The highest BCUT2D eigenvalue weighted by Gasteiger charge is 2.26. The van der Waals surface area contributed by atoms with Gasteiger partial charge in [-0.25, -0.2) is 4.99 Å². The average molecular weight is 289 g/mol. The van der Waals surface area contributed by atoms with Crippen molar-refractivity contribution in [3.8, 4) is 17.1 Å². The van der Waals surface area contributed by atoms with E-state index < -0.39 is 0 Å². The first-order valence-corrected chi connectivity index (χ1v) is 6.85. The second kappa shape index (κ2) is 4.70. The normalized spacial score (nSPS) is 13.1. The number of aromatic hydroxyl groups is 1. The molecule has 0 fully saturated rings. The van der Waals surface area contributed by atoms with Crippen LogP contribution in [0.1, 0.15) is 5.56 Å². The molecule has 106 valence electrons. The molecule has 2 aromatic carbocycles. The van der Waals surface area contributed by atoms with Crippen LogP contribution < -0.4 is 10.8 Å². The summed E-state index contributed by atoms with van der Waals surface area (Å²) >= 11 is 0. The number of rotatable bonds is 2. The van der Waals surface area contributed by atoms with Crippen LogP contribution in [0.2, 0.25) is 0 Å². The van der Waals surface area contributed by atoms with Crippen molar-refractivity contribution in [2.24, 2.45) is 4.99 Å². The number of benzene rings is 2. The molecule has 0 saturated heterocycles. The summed E-state index contributed by atoms with van der Waals surface area (Å²) in [5, 5.41) is 10.5. The van der Waals surface area contributed by atoms with Gasteiger partial charge >= 0.3 is 0 Å². The molecule has 1 aromatic heterocycles. The van der Waals surface area contributed by atoms with Gasteiger partial charge in [-0.2, -0.15) is 0 Å². The SMILES string of the molecule is O=C1N=c2c(-c3ccccc3)c(O)oc2=C1c1ccccc1. The van der Waals surface area contributed by atoms with Crippen molar-refractivity contribution in [3.05, 3.63) is 77.0 Å². The van der Waals surface area contributed by atoms with Crippen molar-refractivity contribution in [2.45, 2.75) is 0 Å². The molecule has 22 heavy (non-hydrogen) atoms. The standard InChI is InChI=1S/C18H11NO3/c20-17-14(12-9-5-2-6-10-12)16-15(19-17)13(18(21)22-16)11-7-3-1-4-8-11/h1-10,21H. The highest BCUT2D eigenvalue weighted by molar-refractivity contribution is 6.20. The molecule has 2 heterocycles. The van der Waals surface area contributed by atoms with E-state index in [0.717, 1.165) is 11.1 Å². The number of carbonyl (C=O) groups is 1. The smallest absolute Gasteiger partial charge is 0.292 e. The minimum Gasteiger partial charge on any atom is -0.480 e. The van der Waals surface area contributed by atoms with E-state index in [1.165, 1.54) is 0 Å². The number of amides is 1. The van der Waals surface area contributed by atoms with Crippen LogP contribution in [0.4, 0.5) is 0 Å². The summed E-state index contributed by atoms with van der Waals surface area (Å²) in [4.78, 5) is 16.3. The zero-order chi connectivity index (χ0) is 15.1. The first-order valence-electron chi connectivity index (χ1n) is 6.85. The quantitative estimate of drug-likeness (QED) is 0.785. The minimum absolute atomic E-state index is 0.221. The molecule has 4 heteroatoms. The van der Waals surface area contributed by atoms with Crippen LogP contribution in [0.5, 0.6) is 5.95 Å². The van der Waals surface area contributed by atoms with Crippen LogP contribution in [0.25, 0.3) is 16.7 Å². The van der Waals surface area contributed by atoms with E-state index in [9.17, 15) is 9.90 Å². The van der Waals surface area contributed by atoms with Crippen molar-refractivity contribution < 1.29 is 14.3 Å². The molecule has 0 radical (unpaired) electrons. The third kappa shape index (κ3) is 1.78. The summed E-state index contributed by atoms with van der Waals surface area (Å²) in [6.07, 6.45) is 0. The Morgan fingerprint density at radius 1 is 0.864 bits per heavy atom. The molecule has 4 rings (SSSR count). The van der Waals surface area contributed by atoms with Gasteiger partial charge in [-0.1, -0.05) is 60.7 Å². The number of hydrogen-bond acceptors (Lipinski definition) is 3. The van der Waals surface area contributed by atoms with E-state index in [-0.39, 0.29) is 11.9 Å². The van der Waals surface area contributed by atoms with Gasteiger partial charge in [0.15, 0.2) is 5.42 Å². The fourth-order valence-corrected chi connectivity index (χ4v) is 2.67. The minimum atomic E-state index is -0.350.